The average molecular weight is 743 g/mol. The molecule has 0 saturated carbocycles. The second-order valence-electron chi connectivity index (χ2n) is 8.85. The lowest BCUT2D eigenvalue weighted by Gasteiger charge is -2.12. The van der Waals surface area contributed by atoms with Gasteiger partial charge in [0, 0.05) is 38.8 Å². The summed E-state index contributed by atoms with van der Waals surface area (Å²) in [6, 6.07) is 20.8. The second-order valence-corrected chi connectivity index (χ2v) is 11.5. The van der Waals surface area contributed by atoms with Gasteiger partial charge in [-0.2, -0.15) is 9.78 Å². The van der Waals surface area contributed by atoms with Crippen LogP contribution < -0.4 is 10.3 Å². The number of hydrogen-bond acceptors (Lipinski definition) is 7. The van der Waals surface area contributed by atoms with Crippen molar-refractivity contribution in [2.45, 2.75) is 0 Å². The zero-order valence-electron chi connectivity index (χ0n) is 21.6. The number of aromatic nitrogens is 2. The predicted octanol–water partition coefficient (Wildman–Crippen LogP) is 8.30. The summed E-state index contributed by atoms with van der Waals surface area (Å²) >= 11 is 19.4. The summed E-state index contributed by atoms with van der Waals surface area (Å²) < 4.78 is 7.78. The Morgan fingerprint density at radius 2 is 1.81 bits per heavy atom. The number of non-ortho nitro benzene ring substituents is 1. The van der Waals surface area contributed by atoms with E-state index >= 15 is 0 Å². The summed E-state index contributed by atoms with van der Waals surface area (Å²) in [5.41, 5.74) is 1.11. The van der Waals surface area contributed by atoms with Crippen molar-refractivity contribution >= 4 is 89.9 Å². The molecule has 0 fully saturated rings. The number of nitrogens with zero attached hydrogens (tertiary/aromatic N) is 4. The van der Waals surface area contributed by atoms with Crippen molar-refractivity contribution in [3.05, 3.63) is 136 Å². The van der Waals surface area contributed by atoms with Crippen LogP contribution in [0.4, 0.5) is 5.69 Å². The molecule has 43 heavy (non-hydrogen) atoms. The van der Waals surface area contributed by atoms with Gasteiger partial charge >= 0.3 is 5.97 Å². The molecule has 13 heteroatoms. The second kappa shape index (κ2) is 13.0. The van der Waals surface area contributed by atoms with Crippen molar-refractivity contribution in [1.29, 1.82) is 0 Å². The summed E-state index contributed by atoms with van der Waals surface area (Å²) in [5.74, 6) is -0.454. The van der Waals surface area contributed by atoms with Gasteiger partial charge in [-0.15, -0.1) is 0 Å². The number of carbonyl (C=O) groups is 1. The maximum Gasteiger partial charge on any atom is 0.336 e. The fraction of sp³-hybridized carbons (Fsp3) is 0. The molecule has 9 nitrogen and oxygen atoms in total. The first-order chi connectivity index (χ1) is 20.6. The number of nitro benzene ring substituents is 1. The smallest absolute Gasteiger partial charge is 0.336 e. The number of esters is 1. The van der Waals surface area contributed by atoms with E-state index in [1.54, 1.807) is 54.6 Å². The Bertz CT molecular complexity index is 2050. The minimum Gasteiger partial charge on any atom is -0.421 e. The highest BCUT2D eigenvalue weighted by molar-refractivity contribution is 9.11. The molecular formula is C30H16Br2Cl2N4O5. The number of ether oxygens (including phenoxy) is 1. The van der Waals surface area contributed by atoms with Crippen LogP contribution in [-0.4, -0.2) is 26.8 Å². The quantitative estimate of drug-likeness (QED) is 0.0414. The highest BCUT2D eigenvalue weighted by atomic mass is 79.9. The van der Waals surface area contributed by atoms with E-state index < -0.39 is 16.5 Å². The molecule has 0 atom stereocenters. The van der Waals surface area contributed by atoms with Crippen LogP contribution in [0.5, 0.6) is 5.75 Å². The zero-order valence-corrected chi connectivity index (χ0v) is 26.3. The molecule has 0 aliphatic rings. The molecule has 0 saturated heterocycles. The van der Waals surface area contributed by atoms with Gasteiger partial charge in [0.2, 0.25) is 0 Å². The van der Waals surface area contributed by atoms with Crippen LogP contribution in [0.15, 0.2) is 104 Å². The Kier molecular flexibility index (Phi) is 9.16. The molecule has 1 heterocycles. The molecule has 0 N–H and O–H groups in total. The lowest BCUT2D eigenvalue weighted by Crippen LogP contribution is -2.20. The third-order valence-corrected chi connectivity index (χ3v) is 7.57. The maximum atomic E-state index is 13.6. The van der Waals surface area contributed by atoms with Crippen LogP contribution >= 0.6 is 55.1 Å². The molecule has 1 aromatic heterocycles. The number of benzene rings is 4. The summed E-state index contributed by atoms with van der Waals surface area (Å²) in [4.78, 5) is 41.5. The van der Waals surface area contributed by atoms with Gasteiger partial charge in [0.15, 0.2) is 11.6 Å². The standard InChI is InChI=1S/C30H16Br2Cl2N4O5/c31-19-13-18(28(24(32)14-19)43-27(39)11-8-17-4-3-5-21(12-17)38(41)42)16-35-37-29(22-10-9-20(33)15-25(22)34)36-26-7-2-1-6-23(26)30(37)40/h1-16H/b11-8+,35-16?. The number of hydrogen-bond donors (Lipinski definition) is 0. The molecule has 0 bridgehead atoms. The molecule has 0 aliphatic heterocycles. The normalized spacial score (nSPS) is 11.4. The Labute approximate surface area is 270 Å². The third-order valence-electron chi connectivity index (χ3n) is 5.97. The lowest BCUT2D eigenvalue weighted by atomic mass is 10.2. The first kappa shape index (κ1) is 30.3. The number of halogens is 4. The molecule has 0 radical (unpaired) electrons. The van der Waals surface area contributed by atoms with Crippen LogP contribution in [0.3, 0.4) is 0 Å². The molecule has 214 valence electrons. The van der Waals surface area contributed by atoms with Crippen molar-refractivity contribution in [3.63, 3.8) is 0 Å². The fourth-order valence-electron chi connectivity index (χ4n) is 4.02. The first-order valence-corrected chi connectivity index (χ1v) is 14.6. The van der Waals surface area contributed by atoms with Gasteiger partial charge in [0.1, 0.15) is 0 Å². The van der Waals surface area contributed by atoms with E-state index in [1.165, 1.54) is 36.6 Å². The molecule has 0 aliphatic carbocycles. The van der Waals surface area contributed by atoms with E-state index in [-0.39, 0.29) is 22.3 Å². The molecule has 0 spiro atoms. The Balaban J connectivity index is 1.55. The Morgan fingerprint density at radius 3 is 2.58 bits per heavy atom. The van der Waals surface area contributed by atoms with Gasteiger partial charge in [-0.1, -0.05) is 63.4 Å². The molecule has 0 amide bonds. The van der Waals surface area contributed by atoms with Crippen molar-refractivity contribution in [2.24, 2.45) is 5.10 Å². The Morgan fingerprint density at radius 1 is 1.02 bits per heavy atom. The van der Waals surface area contributed by atoms with Gasteiger partial charge in [-0.25, -0.2) is 9.78 Å². The summed E-state index contributed by atoms with van der Waals surface area (Å²) in [6.45, 7) is 0. The first-order valence-electron chi connectivity index (χ1n) is 12.3. The molecule has 5 rings (SSSR count). The minimum absolute atomic E-state index is 0.109. The van der Waals surface area contributed by atoms with E-state index in [0.29, 0.717) is 41.6 Å². The number of fused-ring (bicyclic) bond motifs is 1. The van der Waals surface area contributed by atoms with Crippen LogP contribution in [-0.2, 0) is 4.79 Å². The van der Waals surface area contributed by atoms with Gasteiger partial charge in [0.25, 0.3) is 11.2 Å². The minimum atomic E-state index is -0.748. The molecular weight excluding hydrogens is 727 g/mol. The number of nitro groups is 1. The monoisotopic (exact) mass is 740 g/mol. The predicted molar refractivity (Wildman–Crippen MR) is 174 cm³/mol. The van der Waals surface area contributed by atoms with Crippen molar-refractivity contribution in [2.75, 3.05) is 0 Å². The molecule has 5 aromatic rings. The topological polar surface area (TPSA) is 117 Å². The summed E-state index contributed by atoms with van der Waals surface area (Å²) in [6.07, 6.45) is 3.90. The van der Waals surface area contributed by atoms with Crippen LogP contribution in [0, 0.1) is 10.1 Å². The van der Waals surface area contributed by atoms with Gasteiger partial charge in [-0.3, -0.25) is 14.9 Å². The van der Waals surface area contributed by atoms with E-state index in [1.807, 2.05) is 0 Å². The van der Waals surface area contributed by atoms with E-state index in [4.69, 9.17) is 27.9 Å². The van der Waals surface area contributed by atoms with Gasteiger partial charge in [0.05, 0.1) is 31.5 Å². The molecule has 4 aromatic carbocycles. The summed E-state index contributed by atoms with van der Waals surface area (Å²) in [7, 11) is 0. The van der Waals surface area contributed by atoms with E-state index in [9.17, 15) is 19.7 Å². The average Bonchev–Trinajstić information content (AvgIpc) is 2.97. The van der Waals surface area contributed by atoms with E-state index in [2.05, 4.69) is 41.9 Å². The number of rotatable bonds is 7. The van der Waals surface area contributed by atoms with Gasteiger partial charge < -0.3 is 4.74 Å². The fourth-order valence-corrected chi connectivity index (χ4v) is 5.85. The van der Waals surface area contributed by atoms with Crippen molar-refractivity contribution in [1.82, 2.24) is 9.66 Å². The van der Waals surface area contributed by atoms with Crippen LogP contribution in [0.25, 0.3) is 28.4 Å². The van der Waals surface area contributed by atoms with Crippen molar-refractivity contribution < 1.29 is 14.5 Å². The lowest BCUT2D eigenvalue weighted by molar-refractivity contribution is -0.384. The largest absolute Gasteiger partial charge is 0.421 e. The number of para-hydroxylation sites is 1. The maximum absolute atomic E-state index is 13.6. The van der Waals surface area contributed by atoms with E-state index in [0.717, 1.165) is 10.8 Å². The highest BCUT2D eigenvalue weighted by Gasteiger charge is 2.17. The third kappa shape index (κ3) is 6.91. The SMILES string of the molecule is O=C(/C=C/c1cccc([N+](=O)[O-])c1)Oc1c(Br)cc(Br)cc1C=Nn1c(-c2ccc(Cl)cc2Cl)nc2ccccc2c1=O. The number of carbonyl (C=O) groups excluding carboxylic acids is 1. The zero-order chi connectivity index (χ0) is 30.7. The Hall–Kier alpha value is -4.16. The van der Waals surface area contributed by atoms with Crippen LogP contribution in [0.1, 0.15) is 11.1 Å². The van der Waals surface area contributed by atoms with Gasteiger partial charge in [-0.05, 0) is 70.0 Å². The highest BCUT2D eigenvalue weighted by Crippen LogP contribution is 2.33. The summed E-state index contributed by atoms with van der Waals surface area (Å²) in [5, 5.41) is 16.5. The van der Waals surface area contributed by atoms with Crippen LogP contribution in [0.2, 0.25) is 10.0 Å². The van der Waals surface area contributed by atoms with Crippen molar-refractivity contribution in [3.8, 4) is 17.1 Å². The molecule has 0 unspecified atom stereocenters.